The summed E-state index contributed by atoms with van der Waals surface area (Å²) >= 11 is 22.4. The zero-order valence-electron chi connectivity index (χ0n) is 85.5. The zero-order chi connectivity index (χ0) is 105. The summed E-state index contributed by atoms with van der Waals surface area (Å²) < 4.78 is 61.9. The van der Waals surface area contributed by atoms with E-state index in [1.165, 1.54) is 65.6 Å². The van der Waals surface area contributed by atoms with Gasteiger partial charge in [-0.1, -0.05) is 156 Å². The van der Waals surface area contributed by atoms with Gasteiger partial charge in [0.05, 0.1) is 171 Å². The first kappa shape index (κ1) is 101. The van der Waals surface area contributed by atoms with Gasteiger partial charge >= 0.3 is 0 Å². The molecule has 0 bridgehead atoms. The molecule has 21 rings (SSSR count). The molecule has 0 saturated carbocycles. The zero-order valence-corrected chi connectivity index (χ0v) is 87.8. The van der Waals surface area contributed by atoms with Crippen LogP contribution in [0.25, 0.3) is 116 Å². The Morgan fingerprint density at radius 3 is 1.10 bits per heavy atom. The summed E-state index contributed by atoms with van der Waals surface area (Å²) in [7, 11) is 1.54. The van der Waals surface area contributed by atoms with E-state index in [1.807, 2.05) is 171 Å². The van der Waals surface area contributed by atoms with Gasteiger partial charge in [0.15, 0.2) is 0 Å². The number of carbonyl (C=O) groups is 4. The van der Waals surface area contributed by atoms with Crippen LogP contribution < -0.4 is 41.0 Å². The predicted molar refractivity (Wildman–Crippen MR) is 574 cm³/mol. The lowest BCUT2D eigenvalue weighted by molar-refractivity contribution is -0.131. The highest BCUT2D eigenvalue weighted by molar-refractivity contribution is 6.41. The minimum Gasteiger partial charge on any atom is -0.486 e. The largest absolute Gasteiger partial charge is 0.486 e. The minimum atomic E-state index is -0.829. The number of nitrogens with zero attached hydrogens (tertiary/aromatic N) is 19. The third-order valence-electron chi connectivity index (χ3n) is 29.8. The van der Waals surface area contributed by atoms with Crippen LogP contribution in [-0.2, 0) is 25.6 Å². The predicted octanol–water partition coefficient (Wildman–Crippen LogP) is 20.5. The molecule has 4 amide bonds. The van der Waals surface area contributed by atoms with E-state index in [-0.39, 0.29) is 163 Å². The van der Waals surface area contributed by atoms with Crippen LogP contribution in [0.1, 0.15) is 209 Å². The molecule has 30 nitrogen and oxygen atoms in total. The number of amides is 4. The summed E-state index contributed by atoms with van der Waals surface area (Å²) in [6.45, 7) is 48.8. The van der Waals surface area contributed by atoms with Gasteiger partial charge in [-0.15, -0.1) is 0 Å². The van der Waals surface area contributed by atoms with Gasteiger partial charge in [-0.05, 0) is 161 Å². The first-order valence-corrected chi connectivity index (χ1v) is 50.9. The van der Waals surface area contributed by atoms with Crippen molar-refractivity contribution >= 4 is 147 Å². The Kier molecular flexibility index (Phi) is 26.9. The van der Waals surface area contributed by atoms with Crippen molar-refractivity contribution in [3.05, 3.63) is 251 Å². The molecule has 147 heavy (non-hydrogen) atoms. The van der Waals surface area contributed by atoms with Crippen LogP contribution in [0.4, 0.5) is 35.9 Å². The van der Waals surface area contributed by atoms with Crippen molar-refractivity contribution in [3.63, 3.8) is 0 Å². The molecule has 0 spiro atoms. The maximum Gasteiger partial charge on any atom is 0.300 e. The van der Waals surface area contributed by atoms with Gasteiger partial charge in [0, 0.05) is 125 Å². The number of fused-ring (bicyclic) bond motifs is 18. The number of anilines is 4. The Morgan fingerprint density at radius 2 is 0.735 bits per heavy atom. The van der Waals surface area contributed by atoms with Crippen molar-refractivity contribution < 1.29 is 37.1 Å². The molecule has 6 atom stereocenters. The Bertz CT molecular complexity index is 8180. The SMILES string of the molecule is C=CC(=O)N1CC2C(=O)N(C)c3c(c4cc(F)c(-c5c(C)ccc6[nH]cnc56)c(Cl)c4n(-c4c(C(C)C)ncnc4C(C)C)c3=O)N2CC1C.C=CC(=O)N1CC2CCOc3c(c4cc(F)c(-c5c(C)ccc6[nH]cnc56)c(Cl)c4n(-c4c(C(C)C)ncnc4C(C)C)c3=O)N2CC1C.C=CC(=O)N1CC2CCc3c(c4cc(F)c(-c5c(C)ccc6[nH]cnc56)c(Cl)c4n(-c4c(C(C)C)ncnc4C(C)C)c3=O)N2CC1C. The standard InChI is InChI=1S/C37H38ClFN8O3.C37H39ClFN7O3.C37H39ClFN7O2/c1-9-25(48)45-14-24-36(49)44(8)35-33(46(24)13-20(45)7)21-12-22(39)27(26-19(6)10-11-23-31(26)43-15-40-23)28(38)32(21)47(37(35)50)34-29(17(2)3)41-16-42-30(34)18(4)5;1-8-26(47)44-15-22-11-12-49-36-34(45(22)14-21(44)7)23-13-24(39)28(27-20(6)9-10-25-32(27)43-16-40-25)29(38)33(23)46(37(36)48)35-30(18(2)3)41-17-42-31(35)19(4)5;1-8-27(47)44-15-22-10-11-23-34(45(22)14-21(44)7)24-13-25(39)29(28-20(6)9-12-26-33(28)43-16-40-26)30(38)35(24)46(37(23)48)36-31(18(2)3)41-17-42-32(36)19(4)5/h9-12,15-18,20,24H,1,13-14H2,2-8H3,(H,40,43);8-10,13,16-19,21-22H,1,11-12,14-15H2,2-7H3,(H,40,43);8-9,12-13,16-19,21-22H,1,10-11,14-15H2,2-7H3,(H,40,43). The van der Waals surface area contributed by atoms with E-state index < -0.39 is 34.6 Å². The van der Waals surface area contributed by atoms with Gasteiger partial charge < -0.3 is 54.0 Å². The number of halogens is 6. The molecular weight excluding hydrogens is 1930 g/mol. The fourth-order valence-corrected chi connectivity index (χ4v) is 23.9. The Morgan fingerprint density at radius 1 is 0.408 bits per heavy atom. The summed E-state index contributed by atoms with van der Waals surface area (Å²) in [5, 5.41) is 1.49. The van der Waals surface area contributed by atoms with Crippen LogP contribution in [0.3, 0.4) is 0 Å². The minimum absolute atomic E-state index is 0.0105. The maximum atomic E-state index is 17.0. The van der Waals surface area contributed by atoms with E-state index in [9.17, 15) is 19.2 Å². The molecule has 3 fully saturated rings. The topological polar surface area (TPSA) is 330 Å². The molecule has 6 aromatic carbocycles. The van der Waals surface area contributed by atoms with Crippen molar-refractivity contribution in [3.8, 4) is 56.2 Å². The Balaban J connectivity index is 0.000000139. The lowest BCUT2D eigenvalue weighted by Crippen LogP contribution is -2.66. The van der Waals surface area contributed by atoms with Gasteiger partial charge in [-0.3, -0.25) is 47.3 Å². The van der Waals surface area contributed by atoms with Crippen molar-refractivity contribution in [1.82, 2.24) is 88.2 Å². The Labute approximate surface area is 861 Å². The average Bonchev–Trinajstić information content (AvgIpc) is 1.36. The first-order chi connectivity index (χ1) is 70.2. The lowest BCUT2D eigenvalue weighted by atomic mass is 9.89. The number of hydrogen-bond acceptors (Lipinski definition) is 20. The number of pyridine rings is 3. The molecular formula is C111H116Cl3F3N22O8. The number of aryl methyl sites for hydroxylation is 3. The van der Waals surface area contributed by atoms with Crippen LogP contribution in [0.15, 0.2) is 145 Å². The molecule has 6 unspecified atom stereocenters. The number of carbonyl (C=O) groups excluding carboxylic acids is 4. The summed E-state index contributed by atoms with van der Waals surface area (Å²) in [4.78, 5) is 162. The van der Waals surface area contributed by atoms with Crippen molar-refractivity contribution in [1.29, 1.82) is 0 Å². The summed E-state index contributed by atoms with van der Waals surface area (Å²) in [5.74, 6) is -3.06. The van der Waals surface area contributed by atoms with Gasteiger partial charge in [-0.25, -0.2) is 58.0 Å². The number of hydrogen-bond donors (Lipinski definition) is 3. The second-order valence-electron chi connectivity index (χ2n) is 41.0. The van der Waals surface area contributed by atoms with E-state index in [0.29, 0.717) is 185 Å². The second-order valence-corrected chi connectivity index (χ2v) is 42.1. The number of rotatable bonds is 15. The van der Waals surface area contributed by atoms with E-state index in [1.54, 1.807) is 44.2 Å². The Hall–Kier alpha value is -14.4. The summed E-state index contributed by atoms with van der Waals surface area (Å²) in [6, 6.07) is 13.9. The number of H-pyrrole nitrogens is 3. The highest BCUT2D eigenvalue weighted by Crippen LogP contribution is 2.54. The molecule has 760 valence electrons. The lowest BCUT2D eigenvalue weighted by Gasteiger charge is -2.50. The highest BCUT2D eigenvalue weighted by Gasteiger charge is 2.49. The van der Waals surface area contributed by atoms with Gasteiger partial charge in [-0.2, -0.15) is 0 Å². The molecule has 36 heteroatoms. The smallest absolute Gasteiger partial charge is 0.300 e. The number of imidazole rings is 3. The molecule has 0 aliphatic carbocycles. The normalized spacial score (nSPS) is 17.7. The molecule has 3 N–H and O–H groups in total. The fraction of sp³-hybridized carbons (Fsp3) is 0.369. The third kappa shape index (κ3) is 16.5. The van der Waals surface area contributed by atoms with E-state index in [2.05, 4.69) is 89.3 Å². The fourth-order valence-electron chi connectivity index (χ4n) is 22.8. The van der Waals surface area contributed by atoms with Crippen molar-refractivity contribution in [2.45, 2.75) is 216 Å². The van der Waals surface area contributed by atoms with Crippen LogP contribution >= 0.6 is 34.8 Å². The first-order valence-electron chi connectivity index (χ1n) is 49.8. The van der Waals surface area contributed by atoms with Crippen molar-refractivity contribution in [2.75, 3.05) is 72.5 Å². The van der Waals surface area contributed by atoms with E-state index in [4.69, 9.17) is 39.5 Å². The quantitative estimate of drug-likeness (QED) is 0.0803. The van der Waals surface area contributed by atoms with Crippen LogP contribution in [-0.4, -0.2) is 201 Å². The van der Waals surface area contributed by atoms with Gasteiger partial charge in [0.2, 0.25) is 23.5 Å². The van der Waals surface area contributed by atoms with E-state index >= 15 is 27.6 Å². The summed E-state index contributed by atoms with van der Waals surface area (Å²) in [5.41, 5.74) is 15.7. The van der Waals surface area contributed by atoms with Gasteiger partial charge in [0.25, 0.3) is 22.6 Å². The molecule has 3 saturated heterocycles. The van der Waals surface area contributed by atoms with Crippen LogP contribution in [0.2, 0.25) is 15.1 Å². The number of likely N-dealkylation sites (N-methyl/N-ethyl adjacent to an activating group) is 1. The molecule has 9 aromatic heterocycles. The van der Waals surface area contributed by atoms with E-state index in [0.717, 1.165) is 27.7 Å². The number of nitrogens with one attached hydrogen (secondary N) is 3. The van der Waals surface area contributed by atoms with Crippen LogP contribution in [0, 0.1) is 38.2 Å². The van der Waals surface area contributed by atoms with Gasteiger partial charge in [0.1, 0.15) is 48.2 Å². The monoisotopic (exact) mass is 2050 g/mol. The van der Waals surface area contributed by atoms with Crippen LogP contribution in [0.5, 0.6) is 5.75 Å². The number of benzene rings is 6. The number of aromatic nitrogens is 15. The molecule has 6 aliphatic rings. The van der Waals surface area contributed by atoms with Crippen molar-refractivity contribution in [2.24, 2.45) is 0 Å². The highest BCUT2D eigenvalue weighted by atomic mass is 35.5. The number of ether oxygens (including phenoxy) is 1. The number of piperazine rings is 3. The average molecular weight is 2050 g/mol. The molecule has 15 heterocycles. The third-order valence-corrected chi connectivity index (χ3v) is 30.9. The molecule has 15 aromatic rings. The maximum absolute atomic E-state index is 17.0. The summed E-state index contributed by atoms with van der Waals surface area (Å²) in [6.07, 6.45) is 14.8. The second kappa shape index (κ2) is 39.1. The number of aromatic amines is 3. The molecule has 6 aliphatic heterocycles. The molecule has 0 radical (unpaired) electrons.